The van der Waals surface area contributed by atoms with Crippen LogP contribution in [-0.2, 0) is 14.9 Å². The van der Waals surface area contributed by atoms with Crippen LogP contribution in [-0.4, -0.2) is 15.0 Å². The van der Waals surface area contributed by atoms with Crippen LogP contribution in [0.3, 0.4) is 0 Å². The minimum absolute atomic E-state index is 0.106. The van der Waals surface area contributed by atoms with Gasteiger partial charge in [0.25, 0.3) is 0 Å². The van der Waals surface area contributed by atoms with Gasteiger partial charge in [0.2, 0.25) is 10.0 Å². The zero-order valence-corrected chi connectivity index (χ0v) is 11.7. The lowest BCUT2D eigenvalue weighted by Gasteiger charge is -2.15. The molecule has 0 radical (unpaired) electrons. The van der Waals surface area contributed by atoms with Crippen molar-refractivity contribution in [2.24, 2.45) is 11.1 Å². The van der Waals surface area contributed by atoms with Crippen LogP contribution in [0.25, 0.3) is 0 Å². The molecule has 0 aliphatic carbocycles. The molecule has 6 heteroatoms. The smallest absolute Gasteiger partial charge is 0.238 e. The highest BCUT2D eigenvalue weighted by atomic mass is 32.2. The molecule has 0 bridgehead atoms. The largest absolute Gasteiger partial charge is 0.301 e. The summed E-state index contributed by atoms with van der Waals surface area (Å²) in [4.78, 5) is 5.41. The van der Waals surface area contributed by atoms with E-state index in [1.54, 1.807) is 12.1 Å². The number of hydroxylamine groups is 1. The number of benzene rings is 1. The molecular weight excluding hydrogens is 252 g/mol. The third kappa shape index (κ3) is 4.73. The highest BCUT2D eigenvalue weighted by Gasteiger charge is 2.11. The molecule has 3 N–H and O–H groups in total. The molecule has 0 aliphatic rings. The van der Waals surface area contributed by atoms with Crippen molar-refractivity contribution in [3.8, 4) is 0 Å². The van der Waals surface area contributed by atoms with E-state index in [-0.39, 0.29) is 10.9 Å². The molecule has 0 fully saturated rings. The Morgan fingerprint density at radius 2 is 2.00 bits per heavy atom. The van der Waals surface area contributed by atoms with Crippen LogP contribution in [0.2, 0.25) is 0 Å². The van der Waals surface area contributed by atoms with Gasteiger partial charge in [-0.3, -0.25) is 0 Å². The lowest BCUT2D eigenvalue weighted by molar-refractivity contribution is 0.00405. The van der Waals surface area contributed by atoms with Crippen molar-refractivity contribution in [3.63, 3.8) is 0 Å². The van der Waals surface area contributed by atoms with Crippen LogP contribution in [0.4, 0.5) is 0 Å². The van der Waals surface area contributed by atoms with E-state index in [9.17, 15) is 8.42 Å². The molecule has 1 aromatic rings. The molecule has 0 saturated carbocycles. The number of rotatable bonds is 6. The Kier molecular flexibility index (Phi) is 5.28. The maximum atomic E-state index is 11.2. The summed E-state index contributed by atoms with van der Waals surface area (Å²) >= 11 is 0. The van der Waals surface area contributed by atoms with Gasteiger partial charge in [-0.05, 0) is 30.5 Å². The maximum absolute atomic E-state index is 11.2. The zero-order valence-electron chi connectivity index (χ0n) is 10.9. The Bertz CT molecular complexity index is 486. The van der Waals surface area contributed by atoms with E-state index in [4.69, 9.17) is 9.98 Å². The maximum Gasteiger partial charge on any atom is 0.238 e. The van der Waals surface area contributed by atoms with Crippen LogP contribution in [0.1, 0.15) is 32.4 Å². The normalized spacial score (nSPS) is 13.8. The number of nitrogens with one attached hydrogen (secondary N) is 1. The third-order valence-corrected chi connectivity index (χ3v) is 3.27. The average molecular weight is 272 g/mol. The van der Waals surface area contributed by atoms with Gasteiger partial charge in [0.1, 0.15) is 0 Å². The van der Waals surface area contributed by atoms with Crippen molar-refractivity contribution in [3.05, 3.63) is 29.8 Å². The Morgan fingerprint density at radius 1 is 1.33 bits per heavy atom. The number of hydrogen-bond donors (Lipinski definition) is 2. The summed E-state index contributed by atoms with van der Waals surface area (Å²) in [7, 11) is -3.66. The molecule has 0 aliphatic heterocycles. The van der Waals surface area contributed by atoms with Gasteiger partial charge in [-0.15, -0.1) is 0 Å². The van der Waals surface area contributed by atoms with Crippen LogP contribution in [0.15, 0.2) is 29.2 Å². The molecule has 0 spiro atoms. The molecular formula is C12H20N2O3S. The monoisotopic (exact) mass is 272 g/mol. The SMILES string of the molecule is CC(C)CONC(C)c1cccc(S(N)(=O)=O)c1. The van der Waals surface area contributed by atoms with E-state index in [1.807, 2.05) is 26.8 Å². The van der Waals surface area contributed by atoms with Gasteiger partial charge in [0.15, 0.2) is 0 Å². The first-order valence-electron chi connectivity index (χ1n) is 5.80. The summed E-state index contributed by atoms with van der Waals surface area (Å²) in [5.74, 6) is 0.431. The molecule has 102 valence electrons. The minimum Gasteiger partial charge on any atom is -0.301 e. The van der Waals surface area contributed by atoms with Crippen molar-refractivity contribution >= 4 is 10.0 Å². The second kappa shape index (κ2) is 6.29. The first-order valence-corrected chi connectivity index (χ1v) is 7.35. The van der Waals surface area contributed by atoms with Crippen LogP contribution in [0.5, 0.6) is 0 Å². The Balaban J connectivity index is 2.72. The number of sulfonamides is 1. The second-order valence-electron chi connectivity index (χ2n) is 4.66. The highest BCUT2D eigenvalue weighted by molar-refractivity contribution is 7.89. The van der Waals surface area contributed by atoms with Gasteiger partial charge in [0, 0.05) is 0 Å². The second-order valence-corrected chi connectivity index (χ2v) is 6.22. The van der Waals surface area contributed by atoms with Crippen LogP contribution in [0, 0.1) is 5.92 Å². The summed E-state index contributed by atoms with van der Waals surface area (Å²) in [6.07, 6.45) is 0. The van der Waals surface area contributed by atoms with Gasteiger partial charge >= 0.3 is 0 Å². The molecule has 1 atom stereocenters. The first kappa shape index (κ1) is 15.1. The van der Waals surface area contributed by atoms with E-state index in [0.29, 0.717) is 12.5 Å². The van der Waals surface area contributed by atoms with Gasteiger partial charge in [-0.25, -0.2) is 13.6 Å². The number of nitrogens with two attached hydrogens (primary N) is 1. The highest BCUT2D eigenvalue weighted by Crippen LogP contribution is 2.16. The van der Waals surface area contributed by atoms with Crippen molar-refractivity contribution in [1.82, 2.24) is 5.48 Å². The lowest BCUT2D eigenvalue weighted by Crippen LogP contribution is -2.22. The molecule has 0 saturated heterocycles. The average Bonchev–Trinajstić information content (AvgIpc) is 2.27. The molecule has 1 unspecified atom stereocenters. The van der Waals surface area contributed by atoms with Gasteiger partial charge in [-0.2, -0.15) is 5.48 Å². The fourth-order valence-electron chi connectivity index (χ4n) is 1.37. The molecule has 1 rings (SSSR count). The van der Waals surface area contributed by atoms with Crippen LogP contribution >= 0.6 is 0 Å². The molecule has 0 aromatic heterocycles. The van der Waals surface area contributed by atoms with Gasteiger partial charge in [0.05, 0.1) is 17.5 Å². The van der Waals surface area contributed by atoms with Crippen molar-refractivity contribution in [1.29, 1.82) is 0 Å². The predicted octanol–water partition coefficient (Wildman–Crippen LogP) is 1.57. The van der Waals surface area contributed by atoms with Gasteiger partial charge in [-0.1, -0.05) is 26.0 Å². The Hall–Kier alpha value is -0.950. The van der Waals surface area contributed by atoms with Crippen molar-refractivity contribution < 1.29 is 13.3 Å². The predicted molar refractivity (Wildman–Crippen MR) is 70.2 cm³/mol. The summed E-state index contributed by atoms with van der Waals surface area (Å²) in [5, 5.41) is 5.09. The Labute approximate surface area is 108 Å². The molecule has 0 heterocycles. The quantitative estimate of drug-likeness (QED) is 0.770. The Morgan fingerprint density at radius 3 is 2.56 bits per heavy atom. The summed E-state index contributed by atoms with van der Waals surface area (Å²) < 4.78 is 22.5. The third-order valence-electron chi connectivity index (χ3n) is 2.36. The minimum atomic E-state index is -3.66. The number of hydrogen-bond acceptors (Lipinski definition) is 4. The number of primary sulfonamides is 1. The topological polar surface area (TPSA) is 81.4 Å². The molecule has 5 nitrogen and oxygen atoms in total. The molecule has 18 heavy (non-hydrogen) atoms. The molecule has 0 amide bonds. The van der Waals surface area contributed by atoms with E-state index in [2.05, 4.69) is 5.48 Å². The van der Waals surface area contributed by atoms with Crippen molar-refractivity contribution in [2.45, 2.75) is 31.7 Å². The van der Waals surface area contributed by atoms with E-state index >= 15 is 0 Å². The van der Waals surface area contributed by atoms with E-state index in [1.165, 1.54) is 6.07 Å². The van der Waals surface area contributed by atoms with E-state index in [0.717, 1.165) is 5.56 Å². The van der Waals surface area contributed by atoms with E-state index < -0.39 is 10.0 Å². The lowest BCUT2D eigenvalue weighted by atomic mass is 10.1. The summed E-state index contributed by atoms with van der Waals surface area (Å²) in [5.41, 5.74) is 3.68. The zero-order chi connectivity index (χ0) is 13.8. The molecule has 1 aromatic carbocycles. The van der Waals surface area contributed by atoms with Crippen LogP contribution < -0.4 is 10.6 Å². The standard InChI is InChI=1S/C12H20N2O3S/c1-9(2)8-17-14-10(3)11-5-4-6-12(7-11)18(13,15)16/h4-7,9-10,14H,8H2,1-3H3,(H2,13,15,16). The fourth-order valence-corrected chi connectivity index (χ4v) is 1.94. The summed E-state index contributed by atoms with van der Waals surface area (Å²) in [6, 6.07) is 6.40. The summed E-state index contributed by atoms with van der Waals surface area (Å²) in [6.45, 7) is 6.59. The van der Waals surface area contributed by atoms with Crippen molar-refractivity contribution in [2.75, 3.05) is 6.61 Å². The van der Waals surface area contributed by atoms with Gasteiger partial charge < -0.3 is 4.84 Å². The fraction of sp³-hybridized carbons (Fsp3) is 0.500. The first-order chi connectivity index (χ1) is 8.30.